The van der Waals surface area contributed by atoms with Gasteiger partial charge in [0.15, 0.2) is 0 Å². The van der Waals surface area contributed by atoms with Crippen LogP contribution in [0, 0.1) is 11.3 Å². The summed E-state index contributed by atoms with van der Waals surface area (Å²) in [6.45, 7) is 11.2. The summed E-state index contributed by atoms with van der Waals surface area (Å²) >= 11 is 0. The van der Waals surface area contributed by atoms with Crippen LogP contribution in [0.1, 0.15) is 33.6 Å². The zero-order chi connectivity index (χ0) is 8.91. The predicted octanol–water partition coefficient (Wildman–Crippen LogP) is 2.57. The Bertz CT molecular complexity index is 118. The van der Waals surface area contributed by atoms with Crippen LogP contribution in [0.5, 0.6) is 0 Å². The van der Waals surface area contributed by atoms with Crippen molar-refractivity contribution in [1.82, 2.24) is 0 Å². The van der Waals surface area contributed by atoms with E-state index in [4.69, 9.17) is 5.73 Å². The highest BCUT2D eigenvalue weighted by molar-refractivity contribution is 4.92. The average molecular weight is 155 g/mol. The van der Waals surface area contributed by atoms with Crippen molar-refractivity contribution in [3.8, 4) is 0 Å². The van der Waals surface area contributed by atoms with Gasteiger partial charge >= 0.3 is 0 Å². The first kappa shape index (κ1) is 10.7. The van der Waals surface area contributed by atoms with Crippen LogP contribution in [-0.4, -0.2) is 6.54 Å². The summed E-state index contributed by atoms with van der Waals surface area (Å²) < 4.78 is 0. The lowest BCUT2D eigenvalue weighted by atomic mass is 9.84. The highest BCUT2D eigenvalue weighted by Crippen LogP contribution is 2.24. The Labute approximate surface area is 70.7 Å². The topological polar surface area (TPSA) is 26.0 Å². The van der Waals surface area contributed by atoms with Crippen LogP contribution in [0.2, 0.25) is 0 Å². The molecule has 0 fully saturated rings. The predicted molar refractivity (Wildman–Crippen MR) is 51.4 cm³/mol. The molecule has 0 radical (unpaired) electrons. The normalized spacial score (nSPS) is 16.5. The number of rotatable bonds is 5. The molecule has 0 aromatic heterocycles. The molecule has 0 rings (SSSR count). The maximum absolute atomic E-state index is 5.63. The van der Waals surface area contributed by atoms with Gasteiger partial charge in [0.1, 0.15) is 0 Å². The van der Waals surface area contributed by atoms with Crippen molar-refractivity contribution in [2.24, 2.45) is 17.1 Å². The summed E-state index contributed by atoms with van der Waals surface area (Å²) in [5.41, 5.74) is 5.79. The molecule has 0 bridgehead atoms. The van der Waals surface area contributed by atoms with Gasteiger partial charge in [-0.05, 0) is 17.8 Å². The summed E-state index contributed by atoms with van der Waals surface area (Å²) in [4.78, 5) is 0. The smallest absolute Gasteiger partial charge is 0.00114 e. The lowest BCUT2D eigenvalue weighted by Gasteiger charge is -2.24. The van der Waals surface area contributed by atoms with Gasteiger partial charge in [0.05, 0.1) is 0 Å². The van der Waals surface area contributed by atoms with Crippen molar-refractivity contribution in [2.75, 3.05) is 6.54 Å². The third-order valence-electron chi connectivity index (χ3n) is 2.25. The molecule has 0 spiro atoms. The molecule has 0 heterocycles. The van der Waals surface area contributed by atoms with E-state index in [2.05, 4.69) is 27.4 Å². The first-order valence-corrected chi connectivity index (χ1v) is 4.38. The maximum Gasteiger partial charge on any atom is 0.00114 e. The van der Waals surface area contributed by atoms with Crippen LogP contribution in [0.25, 0.3) is 0 Å². The van der Waals surface area contributed by atoms with Gasteiger partial charge in [0, 0.05) is 6.54 Å². The Morgan fingerprint density at radius 3 is 2.36 bits per heavy atom. The van der Waals surface area contributed by atoms with Gasteiger partial charge in [0.2, 0.25) is 0 Å². The van der Waals surface area contributed by atoms with Crippen molar-refractivity contribution in [2.45, 2.75) is 33.6 Å². The van der Waals surface area contributed by atoms with E-state index in [0.717, 1.165) is 12.3 Å². The van der Waals surface area contributed by atoms with Crippen LogP contribution in [-0.2, 0) is 0 Å². The summed E-state index contributed by atoms with van der Waals surface area (Å²) in [7, 11) is 0. The molecule has 1 unspecified atom stereocenters. The van der Waals surface area contributed by atoms with E-state index in [1.54, 1.807) is 0 Å². The quantitative estimate of drug-likeness (QED) is 0.607. The van der Waals surface area contributed by atoms with Gasteiger partial charge in [-0.15, -0.1) is 6.58 Å². The van der Waals surface area contributed by atoms with Gasteiger partial charge in [-0.25, -0.2) is 0 Å². The molecule has 1 atom stereocenters. The van der Waals surface area contributed by atoms with E-state index in [0.29, 0.717) is 6.54 Å². The molecule has 1 nitrogen and oxygen atoms in total. The second-order valence-electron chi connectivity index (χ2n) is 3.99. The van der Waals surface area contributed by atoms with Crippen LogP contribution in [0.4, 0.5) is 0 Å². The van der Waals surface area contributed by atoms with Crippen molar-refractivity contribution in [3.05, 3.63) is 12.7 Å². The Morgan fingerprint density at radius 2 is 2.09 bits per heavy atom. The van der Waals surface area contributed by atoms with E-state index in [9.17, 15) is 0 Å². The summed E-state index contributed by atoms with van der Waals surface area (Å²) in [5.74, 6) is 0.765. The molecule has 66 valence electrons. The Balaban J connectivity index is 3.78. The largest absolute Gasteiger partial charge is 0.330 e. The van der Waals surface area contributed by atoms with Crippen LogP contribution >= 0.6 is 0 Å². The van der Waals surface area contributed by atoms with Crippen molar-refractivity contribution < 1.29 is 0 Å². The van der Waals surface area contributed by atoms with Crippen molar-refractivity contribution in [1.29, 1.82) is 0 Å². The lowest BCUT2D eigenvalue weighted by Crippen LogP contribution is -2.24. The van der Waals surface area contributed by atoms with E-state index in [1.165, 1.54) is 6.42 Å². The monoisotopic (exact) mass is 155 g/mol. The second-order valence-corrected chi connectivity index (χ2v) is 3.99. The van der Waals surface area contributed by atoms with Gasteiger partial charge in [-0.1, -0.05) is 33.3 Å². The number of hydrogen-bond acceptors (Lipinski definition) is 1. The Kier molecular flexibility index (Phi) is 4.43. The number of nitrogens with two attached hydrogens (primary N) is 1. The van der Waals surface area contributed by atoms with E-state index in [-0.39, 0.29) is 5.41 Å². The fourth-order valence-corrected chi connectivity index (χ4v) is 0.906. The third-order valence-corrected chi connectivity index (χ3v) is 2.25. The van der Waals surface area contributed by atoms with E-state index >= 15 is 0 Å². The minimum atomic E-state index is 0.157. The first-order chi connectivity index (χ1) is 5.04. The molecule has 0 aliphatic heterocycles. The van der Waals surface area contributed by atoms with E-state index in [1.807, 2.05) is 6.08 Å². The molecule has 0 saturated heterocycles. The summed E-state index contributed by atoms with van der Waals surface area (Å²) in [6.07, 6.45) is 4.37. The fourth-order valence-electron chi connectivity index (χ4n) is 0.906. The van der Waals surface area contributed by atoms with Crippen LogP contribution in [0.15, 0.2) is 12.7 Å². The maximum atomic E-state index is 5.63. The zero-order valence-electron chi connectivity index (χ0n) is 8.06. The highest BCUT2D eigenvalue weighted by Gasteiger charge is 2.17. The molecule has 0 aromatic rings. The summed E-state index contributed by atoms with van der Waals surface area (Å²) in [5, 5.41) is 0. The standard InChI is InChI=1S/C10H21N/c1-5-10(4,8-11)7-6-9(2)3/h5,9H,1,6-8,11H2,2-4H3. The lowest BCUT2D eigenvalue weighted by molar-refractivity contribution is 0.360. The van der Waals surface area contributed by atoms with Gasteiger partial charge in [0.25, 0.3) is 0 Å². The van der Waals surface area contributed by atoms with Gasteiger partial charge in [-0.3, -0.25) is 0 Å². The average Bonchev–Trinajstić information content (AvgIpc) is 2.00. The molecule has 0 saturated carbocycles. The molecule has 2 N–H and O–H groups in total. The fraction of sp³-hybridized carbons (Fsp3) is 0.800. The number of hydrogen-bond donors (Lipinski definition) is 1. The van der Waals surface area contributed by atoms with Crippen molar-refractivity contribution >= 4 is 0 Å². The minimum Gasteiger partial charge on any atom is -0.330 e. The van der Waals surface area contributed by atoms with Crippen LogP contribution in [0.3, 0.4) is 0 Å². The second kappa shape index (κ2) is 4.55. The molecular weight excluding hydrogens is 134 g/mol. The Morgan fingerprint density at radius 1 is 1.55 bits per heavy atom. The molecule has 0 amide bonds. The molecule has 0 aromatic carbocycles. The summed E-state index contributed by atoms with van der Waals surface area (Å²) in [6, 6.07) is 0. The minimum absolute atomic E-state index is 0.157. The van der Waals surface area contributed by atoms with E-state index < -0.39 is 0 Å². The molecule has 0 aliphatic carbocycles. The molecular formula is C10H21N. The van der Waals surface area contributed by atoms with Crippen molar-refractivity contribution in [3.63, 3.8) is 0 Å². The third kappa shape index (κ3) is 4.20. The first-order valence-electron chi connectivity index (χ1n) is 4.38. The highest BCUT2D eigenvalue weighted by atomic mass is 14.6. The van der Waals surface area contributed by atoms with Gasteiger partial charge in [-0.2, -0.15) is 0 Å². The van der Waals surface area contributed by atoms with Crippen LogP contribution < -0.4 is 5.73 Å². The van der Waals surface area contributed by atoms with Gasteiger partial charge < -0.3 is 5.73 Å². The molecule has 11 heavy (non-hydrogen) atoms. The Hall–Kier alpha value is -0.300. The molecule has 1 heteroatoms. The SMILES string of the molecule is C=CC(C)(CN)CCC(C)C. The zero-order valence-corrected chi connectivity index (χ0v) is 8.06. The molecule has 0 aliphatic rings.